The van der Waals surface area contributed by atoms with E-state index >= 15 is 0 Å². The van der Waals surface area contributed by atoms with E-state index in [0.29, 0.717) is 23.7 Å². The molecule has 3 N–H and O–H groups in total. The molecule has 0 heterocycles. The molecule has 0 aliphatic heterocycles. The van der Waals surface area contributed by atoms with Gasteiger partial charge in [-0.2, -0.15) is 0 Å². The van der Waals surface area contributed by atoms with Crippen molar-refractivity contribution in [3.63, 3.8) is 0 Å². The van der Waals surface area contributed by atoms with Crippen LogP contribution in [0, 0.1) is 0 Å². The van der Waals surface area contributed by atoms with E-state index in [2.05, 4.69) is 16.0 Å². The molecule has 0 aromatic heterocycles. The number of amides is 3. The van der Waals surface area contributed by atoms with Crippen LogP contribution in [-0.2, 0) is 14.4 Å². The third-order valence-corrected chi connectivity index (χ3v) is 3.43. The summed E-state index contributed by atoms with van der Waals surface area (Å²) in [4.78, 5) is 37.1. The van der Waals surface area contributed by atoms with Crippen LogP contribution in [0.3, 0.4) is 0 Å². The number of rotatable bonds is 9. The molecule has 1 rings (SSSR count). The van der Waals surface area contributed by atoms with E-state index in [1.807, 2.05) is 20.8 Å². The second-order valence-electron chi connectivity index (χ2n) is 6.17. The molecule has 0 unspecified atom stereocenters. The maximum atomic E-state index is 12.4. The van der Waals surface area contributed by atoms with Crippen LogP contribution in [0.25, 0.3) is 0 Å². The van der Waals surface area contributed by atoms with Gasteiger partial charge in [0.15, 0.2) is 0 Å². The highest BCUT2D eigenvalue weighted by Gasteiger charge is 2.15. The zero-order chi connectivity index (χ0) is 19.7. The number of nitrogens with zero attached hydrogens (tertiary/aromatic N) is 1. The van der Waals surface area contributed by atoms with Crippen molar-refractivity contribution >= 4 is 29.1 Å². The predicted octanol–water partition coefficient (Wildman–Crippen LogP) is 1.44. The summed E-state index contributed by atoms with van der Waals surface area (Å²) < 4.78 is 5.24. The van der Waals surface area contributed by atoms with E-state index in [0.717, 1.165) is 0 Å². The lowest BCUT2D eigenvalue weighted by atomic mass is 10.2. The van der Waals surface area contributed by atoms with Crippen LogP contribution >= 0.6 is 0 Å². The first-order valence-electron chi connectivity index (χ1n) is 8.52. The van der Waals surface area contributed by atoms with Crippen molar-refractivity contribution < 1.29 is 19.1 Å². The summed E-state index contributed by atoms with van der Waals surface area (Å²) in [5.41, 5.74) is 1.00. The van der Waals surface area contributed by atoms with Gasteiger partial charge in [0.1, 0.15) is 5.75 Å². The Morgan fingerprint density at radius 2 is 1.77 bits per heavy atom. The van der Waals surface area contributed by atoms with Gasteiger partial charge in [0, 0.05) is 18.7 Å². The highest BCUT2D eigenvalue weighted by atomic mass is 16.5. The van der Waals surface area contributed by atoms with E-state index in [1.54, 1.807) is 23.1 Å². The molecule has 0 fully saturated rings. The van der Waals surface area contributed by atoms with E-state index in [9.17, 15) is 14.4 Å². The first-order chi connectivity index (χ1) is 12.2. The maximum Gasteiger partial charge on any atom is 0.238 e. The Balaban J connectivity index is 2.75. The fourth-order valence-corrected chi connectivity index (χ4v) is 2.33. The van der Waals surface area contributed by atoms with Crippen molar-refractivity contribution in [1.82, 2.24) is 10.2 Å². The molecule has 3 amide bonds. The van der Waals surface area contributed by atoms with Gasteiger partial charge in [0.25, 0.3) is 0 Å². The van der Waals surface area contributed by atoms with Crippen molar-refractivity contribution in [2.24, 2.45) is 0 Å². The molecule has 1 aromatic rings. The van der Waals surface area contributed by atoms with Gasteiger partial charge in [-0.3, -0.25) is 19.3 Å². The molecule has 26 heavy (non-hydrogen) atoms. The van der Waals surface area contributed by atoms with Crippen molar-refractivity contribution in [3.8, 4) is 5.75 Å². The summed E-state index contributed by atoms with van der Waals surface area (Å²) in [7, 11) is 1.50. The largest absolute Gasteiger partial charge is 0.495 e. The van der Waals surface area contributed by atoms with E-state index < -0.39 is 0 Å². The summed E-state index contributed by atoms with van der Waals surface area (Å²) in [6, 6.07) is 5.02. The molecule has 0 aliphatic rings. The van der Waals surface area contributed by atoms with Crippen LogP contribution in [-0.4, -0.2) is 55.4 Å². The molecule has 0 spiro atoms. The Morgan fingerprint density at radius 3 is 2.31 bits per heavy atom. The quantitative estimate of drug-likeness (QED) is 0.616. The van der Waals surface area contributed by atoms with Crippen LogP contribution in [0.4, 0.5) is 11.4 Å². The van der Waals surface area contributed by atoms with Gasteiger partial charge in [0.2, 0.25) is 17.7 Å². The molecule has 144 valence electrons. The highest BCUT2D eigenvalue weighted by molar-refractivity contribution is 5.96. The van der Waals surface area contributed by atoms with E-state index in [-0.39, 0.29) is 36.9 Å². The first-order valence-corrected chi connectivity index (χ1v) is 8.52. The Bertz CT molecular complexity index is 646. The summed E-state index contributed by atoms with van der Waals surface area (Å²) in [6.07, 6.45) is 0. The summed E-state index contributed by atoms with van der Waals surface area (Å²) in [6.45, 7) is 7.82. The first kappa shape index (κ1) is 21.4. The maximum absolute atomic E-state index is 12.4. The number of anilines is 2. The lowest BCUT2D eigenvalue weighted by Crippen LogP contribution is -2.42. The third-order valence-electron chi connectivity index (χ3n) is 3.43. The van der Waals surface area contributed by atoms with Crippen LogP contribution in [0.15, 0.2) is 18.2 Å². The van der Waals surface area contributed by atoms with E-state index in [1.165, 1.54) is 14.0 Å². The number of carbonyl (C=O) groups is 3. The van der Waals surface area contributed by atoms with Gasteiger partial charge in [0.05, 0.1) is 25.9 Å². The number of likely N-dealkylation sites (N-methyl/N-ethyl adjacent to an activating group) is 1. The molecular formula is C18H28N4O4. The SMILES string of the molecule is CCN(CC(=O)Nc1cc(NC(C)=O)ccc1OC)CC(=O)NC(C)C. The monoisotopic (exact) mass is 364 g/mol. The smallest absolute Gasteiger partial charge is 0.238 e. The molecule has 0 saturated heterocycles. The Hall–Kier alpha value is -2.61. The van der Waals surface area contributed by atoms with Gasteiger partial charge in [-0.05, 0) is 38.6 Å². The highest BCUT2D eigenvalue weighted by Crippen LogP contribution is 2.27. The Kier molecular flexibility index (Phi) is 8.57. The fourth-order valence-electron chi connectivity index (χ4n) is 2.33. The summed E-state index contributed by atoms with van der Waals surface area (Å²) in [5, 5.41) is 8.22. The van der Waals surface area contributed by atoms with Gasteiger partial charge in [-0.25, -0.2) is 0 Å². The van der Waals surface area contributed by atoms with Gasteiger partial charge in [-0.15, -0.1) is 0 Å². The predicted molar refractivity (Wildman–Crippen MR) is 101 cm³/mol. The minimum atomic E-state index is -0.275. The fraction of sp³-hybridized carbons (Fsp3) is 0.500. The van der Waals surface area contributed by atoms with Gasteiger partial charge >= 0.3 is 0 Å². The third kappa shape index (κ3) is 7.52. The number of benzene rings is 1. The number of nitrogens with one attached hydrogen (secondary N) is 3. The van der Waals surface area contributed by atoms with Crippen molar-refractivity contribution in [2.75, 3.05) is 37.4 Å². The summed E-state index contributed by atoms with van der Waals surface area (Å²) in [5.74, 6) is -0.129. The second-order valence-corrected chi connectivity index (χ2v) is 6.17. The average Bonchev–Trinajstić information content (AvgIpc) is 2.53. The lowest BCUT2D eigenvalue weighted by Gasteiger charge is -2.20. The van der Waals surface area contributed by atoms with Crippen molar-refractivity contribution in [2.45, 2.75) is 33.7 Å². The minimum Gasteiger partial charge on any atom is -0.495 e. The minimum absolute atomic E-state index is 0.0517. The molecule has 0 bridgehead atoms. The number of ether oxygens (including phenoxy) is 1. The Morgan fingerprint density at radius 1 is 1.12 bits per heavy atom. The molecule has 1 aromatic carbocycles. The zero-order valence-electron chi connectivity index (χ0n) is 16.0. The summed E-state index contributed by atoms with van der Waals surface area (Å²) >= 11 is 0. The molecule has 0 radical (unpaired) electrons. The normalized spacial score (nSPS) is 10.6. The molecule has 8 nitrogen and oxygen atoms in total. The van der Waals surface area contributed by atoms with E-state index in [4.69, 9.17) is 4.74 Å². The number of carbonyl (C=O) groups excluding carboxylic acids is 3. The Labute approximate surface area is 154 Å². The van der Waals surface area contributed by atoms with Crippen molar-refractivity contribution in [1.29, 1.82) is 0 Å². The number of hydrogen-bond acceptors (Lipinski definition) is 5. The molecule has 0 saturated carbocycles. The van der Waals surface area contributed by atoms with Crippen LogP contribution in [0.2, 0.25) is 0 Å². The van der Waals surface area contributed by atoms with Gasteiger partial charge < -0.3 is 20.7 Å². The van der Waals surface area contributed by atoms with Crippen LogP contribution < -0.4 is 20.7 Å². The lowest BCUT2D eigenvalue weighted by molar-refractivity contribution is -0.123. The molecule has 0 aliphatic carbocycles. The topological polar surface area (TPSA) is 99.8 Å². The standard InChI is InChI=1S/C18H28N4O4/c1-6-22(10-17(24)19-12(2)3)11-18(25)21-15-9-14(20-13(4)23)7-8-16(15)26-5/h7-9,12H,6,10-11H2,1-5H3,(H,19,24)(H,20,23)(H,21,25). The number of hydrogen-bond donors (Lipinski definition) is 3. The second kappa shape index (κ2) is 10.4. The molecule has 8 heteroatoms. The zero-order valence-corrected chi connectivity index (χ0v) is 16.0. The van der Waals surface area contributed by atoms with Crippen molar-refractivity contribution in [3.05, 3.63) is 18.2 Å². The van der Waals surface area contributed by atoms with Gasteiger partial charge in [-0.1, -0.05) is 6.92 Å². The van der Waals surface area contributed by atoms with Crippen LogP contribution in [0.5, 0.6) is 5.75 Å². The molecule has 0 atom stereocenters. The average molecular weight is 364 g/mol. The van der Waals surface area contributed by atoms with Crippen LogP contribution in [0.1, 0.15) is 27.7 Å². The number of methoxy groups -OCH3 is 1. The molecular weight excluding hydrogens is 336 g/mol.